The predicted molar refractivity (Wildman–Crippen MR) is 73.4 cm³/mol. The summed E-state index contributed by atoms with van der Waals surface area (Å²) in [5.41, 5.74) is -0.0172. The third kappa shape index (κ3) is 3.19. The van der Waals surface area contributed by atoms with Gasteiger partial charge in [-0.3, -0.25) is 10.1 Å². The Bertz CT molecular complexity index is 611. The van der Waals surface area contributed by atoms with Gasteiger partial charge in [0.05, 0.1) is 23.6 Å². The number of nitrogens with one attached hydrogen (secondary N) is 2. The molecule has 0 unspecified atom stereocenters. The fourth-order valence-corrected chi connectivity index (χ4v) is 1.62. The minimum Gasteiger partial charge on any atom is -0.370 e. The zero-order chi connectivity index (χ0) is 14.5. The van der Waals surface area contributed by atoms with Crippen molar-refractivity contribution >= 4 is 17.3 Å². The monoisotopic (exact) mass is 277 g/mol. The van der Waals surface area contributed by atoms with E-state index >= 15 is 0 Å². The van der Waals surface area contributed by atoms with Crippen LogP contribution in [0.5, 0.6) is 0 Å². The number of hydrogen-bond donors (Lipinski definition) is 2. The van der Waals surface area contributed by atoms with E-state index in [2.05, 4.69) is 25.8 Å². The molecule has 0 bridgehead atoms. The molecule has 0 spiro atoms. The maximum absolute atomic E-state index is 10.9. The SMILES string of the molecule is CCNc1cc([N+](=O)[O-])cc(NCc2nncn2C)n1. The van der Waals surface area contributed by atoms with E-state index in [4.69, 9.17) is 0 Å². The lowest BCUT2D eigenvalue weighted by molar-refractivity contribution is -0.384. The summed E-state index contributed by atoms with van der Waals surface area (Å²) in [6.07, 6.45) is 1.59. The van der Waals surface area contributed by atoms with Crippen LogP contribution in [-0.2, 0) is 13.6 Å². The average molecular weight is 277 g/mol. The van der Waals surface area contributed by atoms with Crippen LogP contribution in [0.25, 0.3) is 0 Å². The van der Waals surface area contributed by atoms with Crippen LogP contribution < -0.4 is 10.6 Å². The topological polar surface area (TPSA) is 111 Å². The fraction of sp³-hybridized carbons (Fsp3) is 0.364. The number of aromatic nitrogens is 4. The number of nitrogens with zero attached hydrogens (tertiary/aromatic N) is 5. The van der Waals surface area contributed by atoms with Crippen molar-refractivity contribution in [2.75, 3.05) is 17.2 Å². The van der Waals surface area contributed by atoms with E-state index in [0.717, 1.165) is 0 Å². The molecule has 106 valence electrons. The van der Waals surface area contributed by atoms with Gasteiger partial charge in [0.2, 0.25) is 0 Å². The average Bonchev–Trinajstić information content (AvgIpc) is 2.82. The first-order chi connectivity index (χ1) is 9.60. The van der Waals surface area contributed by atoms with E-state index in [1.54, 1.807) is 10.9 Å². The Balaban J connectivity index is 2.17. The van der Waals surface area contributed by atoms with E-state index in [-0.39, 0.29) is 5.69 Å². The molecule has 0 amide bonds. The summed E-state index contributed by atoms with van der Waals surface area (Å²) in [5.74, 6) is 1.59. The molecule has 2 N–H and O–H groups in total. The van der Waals surface area contributed by atoms with Gasteiger partial charge in [-0.1, -0.05) is 0 Å². The lowest BCUT2D eigenvalue weighted by atomic mass is 10.3. The van der Waals surface area contributed by atoms with Crippen molar-refractivity contribution in [2.24, 2.45) is 7.05 Å². The third-order valence-corrected chi connectivity index (χ3v) is 2.61. The third-order valence-electron chi connectivity index (χ3n) is 2.61. The zero-order valence-corrected chi connectivity index (χ0v) is 11.2. The highest BCUT2D eigenvalue weighted by Gasteiger charge is 2.11. The van der Waals surface area contributed by atoms with Crippen molar-refractivity contribution in [3.8, 4) is 0 Å². The molecule has 0 aliphatic carbocycles. The highest BCUT2D eigenvalue weighted by Crippen LogP contribution is 2.20. The Morgan fingerprint density at radius 1 is 1.35 bits per heavy atom. The van der Waals surface area contributed by atoms with E-state index in [9.17, 15) is 10.1 Å². The van der Waals surface area contributed by atoms with Crippen molar-refractivity contribution in [1.29, 1.82) is 0 Å². The number of nitro groups is 1. The summed E-state index contributed by atoms with van der Waals surface area (Å²) >= 11 is 0. The molecular formula is C11H15N7O2. The molecule has 0 saturated carbocycles. The minimum atomic E-state index is -0.448. The fourth-order valence-electron chi connectivity index (χ4n) is 1.62. The Labute approximate surface area is 115 Å². The highest BCUT2D eigenvalue weighted by atomic mass is 16.6. The van der Waals surface area contributed by atoms with E-state index in [0.29, 0.717) is 30.5 Å². The first kappa shape index (κ1) is 13.7. The maximum Gasteiger partial charge on any atom is 0.276 e. The lowest BCUT2D eigenvalue weighted by Gasteiger charge is -2.08. The smallest absolute Gasteiger partial charge is 0.276 e. The molecule has 0 fully saturated rings. The maximum atomic E-state index is 10.9. The van der Waals surface area contributed by atoms with Gasteiger partial charge >= 0.3 is 0 Å². The molecule has 0 atom stereocenters. The molecule has 0 saturated heterocycles. The Morgan fingerprint density at radius 2 is 2.05 bits per heavy atom. The van der Waals surface area contributed by atoms with Crippen LogP contribution in [0.3, 0.4) is 0 Å². The van der Waals surface area contributed by atoms with Gasteiger partial charge in [0, 0.05) is 13.6 Å². The quantitative estimate of drug-likeness (QED) is 0.602. The van der Waals surface area contributed by atoms with Gasteiger partial charge in [-0.15, -0.1) is 10.2 Å². The van der Waals surface area contributed by atoms with Crippen molar-refractivity contribution in [1.82, 2.24) is 19.7 Å². The predicted octanol–water partition coefficient (Wildman–Crippen LogP) is 1.16. The number of pyridine rings is 1. The first-order valence-corrected chi connectivity index (χ1v) is 6.07. The summed E-state index contributed by atoms with van der Waals surface area (Å²) in [6, 6.07) is 2.79. The first-order valence-electron chi connectivity index (χ1n) is 6.07. The second-order valence-electron chi connectivity index (χ2n) is 4.09. The second-order valence-corrected chi connectivity index (χ2v) is 4.09. The van der Waals surface area contributed by atoms with Crippen LogP contribution in [0.2, 0.25) is 0 Å². The summed E-state index contributed by atoms with van der Waals surface area (Å²) in [6.45, 7) is 2.92. The van der Waals surface area contributed by atoms with Crippen LogP contribution in [0.1, 0.15) is 12.7 Å². The van der Waals surface area contributed by atoms with Crippen molar-refractivity contribution in [2.45, 2.75) is 13.5 Å². The summed E-state index contributed by atoms with van der Waals surface area (Å²) in [4.78, 5) is 14.7. The van der Waals surface area contributed by atoms with E-state index in [1.165, 1.54) is 12.1 Å². The summed E-state index contributed by atoms with van der Waals surface area (Å²) < 4.78 is 1.76. The molecule has 0 radical (unpaired) electrons. The summed E-state index contributed by atoms with van der Waals surface area (Å²) in [5, 5.41) is 24.5. The lowest BCUT2D eigenvalue weighted by Crippen LogP contribution is -2.08. The van der Waals surface area contributed by atoms with Crippen LogP contribution in [-0.4, -0.2) is 31.2 Å². The molecule has 0 aliphatic heterocycles. The van der Waals surface area contributed by atoms with Crippen LogP contribution in [0, 0.1) is 10.1 Å². The van der Waals surface area contributed by atoms with Crippen molar-refractivity contribution in [3.05, 3.63) is 34.4 Å². The normalized spacial score (nSPS) is 10.3. The number of hydrogen-bond acceptors (Lipinski definition) is 7. The largest absolute Gasteiger partial charge is 0.370 e. The molecule has 9 heteroatoms. The summed E-state index contributed by atoms with van der Waals surface area (Å²) in [7, 11) is 1.82. The molecule has 9 nitrogen and oxygen atoms in total. The number of anilines is 2. The van der Waals surface area contributed by atoms with Gasteiger partial charge in [-0.25, -0.2) is 4.98 Å². The zero-order valence-electron chi connectivity index (χ0n) is 11.2. The van der Waals surface area contributed by atoms with Crippen LogP contribution in [0.4, 0.5) is 17.3 Å². The number of rotatable bonds is 6. The number of aryl methyl sites for hydroxylation is 1. The molecule has 2 aromatic heterocycles. The molecule has 2 heterocycles. The van der Waals surface area contributed by atoms with Gasteiger partial charge in [-0.05, 0) is 6.92 Å². The van der Waals surface area contributed by atoms with Gasteiger partial charge in [0.1, 0.15) is 18.0 Å². The van der Waals surface area contributed by atoms with Gasteiger partial charge in [0.25, 0.3) is 5.69 Å². The van der Waals surface area contributed by atoms with E-state index in [1.807, 2.05) is 14.0 Å². The molecule has 20 heavy (non-hydrogen) atoms. The molecule has 2 aromatic rings. The Kier molecular flexibility index (Phi) is 4.08. The molecule has 2 rings (SSSR count). The van der Waals surface area contributed by atoms with Gasteiger partial charge in [-0.2, -0.15) is 0 Å². The van der Waals surface area contributed by atoms with Gasteiger partial charge < -0.3 is 15.2 Å². The molecular weight excluding hydrogens is 262 g/mol. The van der Waals surface area contributed by atoms with Gasteiger partial charge in [0.15, 0.2) is 5.82 Å². The van der Waals surface area contributed by atoms with Crippen molar-refractivity contribution in [3.63, 3.8) is 0 Å². The van der Waals surface area contributed by atoms with Crippen molar-refractivity contribution < 1.29 is 4.92 Å². The van der Waals surface area contributed by atoms with Crippen LogP contribution in [0.15, 0.2) is 18.5 Å². The Hall–Kier alpha value is -2.71. The molecule has 0 aromatic carbocycles. The highest BCUT2D eigenvalue weighted by molar-refractivity contribution is 5.54. The van der Waals surface area contributed by atoms with E-state index < -0.39 is 4.92 Å². The second kappa shape index (κ2) is 5.95. The Morgan fingerprint density at radius 3 is 2.60 bits per heavy atom. The van der Waals surface area contributed by atoms with Crippen LogP contribution >= 0.6 is 0 Å². The standard InChI is InChI=1S/C11H15N7O2/c1-3-12-9-4-8(18(19)20)5-10(15-9)13-6-11-16-14-7-17(11)2/h4-5,7H,3,6H2,1-2H3,(H2,12,13,15). The minimum absolute atomic E-state index is 0.0172. The molecule has 0 aliphatic rings.